The Morgan fingerprint density at radius 2 is 2.36 bits per heavy atom. The lowest BCUT2D eigenvalue weighted by Gasteiger charge is -2.09. The molecule has 0 aliphatic heterocycles. The van der Waals surface area contributed by atoms with E-state index in [0.717, 1.165) is 11.3 Å². The van der Waals surface area contributed by atoms with Crippen LogP contribution < -0.4 is 11.5 Å². The summed E-state index contributed by atoms with van der Waals surface area (Å²) in [6.07, 6.45) is 3.21. The van der Waals surface area contributed by atoms with Crippen molar-refractivity contribution in [3.63, 3.8) is 0 Å². The molecule has 4 heteroatoms. The normalized spacial score (nSPS) is 13.0. The molecule has 0 aromatic carbocycles. The third-order valence-electron chi connectivity index (χ3n) is 1.60. The van der Waals surface area contributed by atoms with Gasteiger partial charge in [-0.05, 0) is 6.92 Å². The van der Waals surface area contributed by atoms with Crippen LogP contribution in [0.1, 0.15) is 17.3 Å². The van der Waals surface area contributed by atoms with Gasteiger partial charge in [-0.2, -0.15) is 0 Å². The third kappa shape index (κ3) is 1.72. The van der Waals surface area contributed by atoms with Gasteiger partial charge in [-0.3, -0.25) is 0 Å². The molecule has 0 saturated carbocycles. The molecule has 0 amide bonds. The highest BCUT2D eigenvalue weighted by molar-refractivity contribution is 5.18. The standard InChI is InChI=1S/C7H12N4/c1-5-6(7(9)2-8)3-10-4-11-5/h3-4,7H,2,8-9H2,1H3. The highest BCUT2D eigenvalue weighted by Gasteiger charge is 2.06. The zero-order valence-corrected chi connectivity index (χ0v) is 6.49. The maximum atomic E-state index is 5.69. The topological polar surface area (TPSA) is 77.8 Å². The van der Waals surface area contributed by atoms with E-state index in [0.29, 0.717) is 6.54 Å². The van der Waals surface area contributed by atoms with Crippen molar-refractivity contribution in [1.29, 1.82) is 0 Å². The number of hydrogen-bond acceptors (Lipinski definition) is 4. The molecule has 0 fully saturated rings. The van der Waals surface area contributed by atoms with Crippen LogP contribution in [0.4, 0.5) is 0 Å². The first-order chi connectivity index (χ1) is 5.25. The van der Waals surface area contributed by atoms with Crippen LogP contribution in [-0.2, 0) is 0 Å². The minimum atomic E-state index is -0.142. The Morgan fingerprint density at radius 1 is 1.64 bits per heavy atom. The number of aryl methyl sites for hydroxylation is 1. The second-order valence-electron chi connectivity index (χ2n) is 2.41. The molecular formula is C7H12N4. The number of nitrogens with two attached hydrogens (primary N) is 2. The first kappa shape index (κ1) is 8.10. The molecule has 1 aromatic heterocycles. The van der Waals surface area contributed by atoms with Crippen LogP contribution in [-0.4, -0.2) is 16.5 Å². The van der Waals surface area contributed by atoms with Crippen molar-refractivity contribution >= 4 is 0 Å². The van der Waals surface area contributed by atoms with Crippen LogP contribution >= 0.6 is 0 Å². The highest BCUT2D eigenvalue weighted by atomic mass is 14.8. The molecule has 1 atom stereocenters. The minimum absolute atomic E-state index is 0.142. The van der Waals surface area contributed by atoms with Crippen LogP contribution in [0.25, 0.3) is 0 Å². The van der Waals surface area contributed by atoms with Gasteiger partial charge in [0, 0.05) is 30.0 Å². The van der Waals surface area contributed by atoms with Crippen molar-refractivity contribution in [1.82, 2.24) is 9.97 Å². The Balaban J connectivity index is 2.93. The van der Waals surface area contributed by atoms with Gasteiger partial charge in [0.2, 0.25) is 0 Å². The summed E-state index contributed by atoms with van der Waals surface area (Å²) in [5, 5.41) is 0. The van der Waals surface area contributed by atoms with Crippen molar-refractivity contribution in [3.05, 3.63) is 23.8 Å². The van der Waals surface area contributed by atoms with Gasteiger partial charge in [0.05, 0.1) is 0 Å². The Hall–Kier alpha value is -1.00. The van der Waals surface area contributed by atoms with Crippen molar-refractivity contribution < 1.29 is 0 Å². The zero-order chi connectivity index (χ0) is 8.27. The molecule has 60 valence electrons. The average Bonchev–Trinajstić information content (AvgIpc) is 2.04. The SMILES string of the molecule is Cc1ncncc1C(N)CN. The van der Waals surface area contributed by atoms with Crippen LogP contribution in [0.5, 0.6) is 0 Å². The number of rotatable bonds is 2. The third-order valence-corrected chi connectivity index (χ3v) is 1.60. The first-order valence-electron chi connectivity index (χ1n) is 3.48. The van der Waals surface area contributed by atoms with Crippen molar-refractivity contribution in [2.75, 3.05) is 6.54 Å². The maximum Gasteiger partial charge on any atom is 0.115 e. The Labute approximate surface area is 65.6 Å². The van der Waals surface area contributed by atoms with E-state index in [2.05, 4.69) is 9.97 Å². The van der Waals surface area contributed by atoms with E-state index in [4.69, 9.17) is 11.5 Å². The molecule has 0 radical (unpaired) electrons. The van der Waals surface area contributed by atoms with Gasteiger partial charge in [0.1, 0.15) is 6.33 Å². The summed E-state index contributed by atoms with van der Waals surface area (Å²) in [6, 6.07) is -0.142. The molecule has 4 N–H and O–H groups in total. The average molecular weight is 152 g/mol. The molecule has 1 rings (SSSR count). The Kier molecular flexibility index (Phi) is 2.51. The summed E-state index contributed by atoms with van der Waals surface area (Å²) in [5.41, 5.74) is 12.9. The van der Waals surface area contributed by atoms with E-state index in [1.165, 1.54) is 6.33 Å². The Morgan fingerprint density at radius 3 is 2.91 bits per heavy atom. The second kappa shape index (κ2) is 3.41. The van der Waals surface area contributed by atoms with E-state index >= 15 is 0 Å². The molecule has 4 nitrogen and oxygen atoms in total. The van der Waals surface area contributed by atoms with Crippen molar-refractivity contribution in [3.8, 4) is 0 Å². The molecule has 0 aliphatic carbocycles. The summed E-state index contributed by atoms with van der Waals surface area (Å²) in [7, 11) is 0. The number of hydrogen-bond donors (Lipinski definition) is 2. The lowest BCUT2D eigenvalue weighted by Crippen LogP contribution is -2.22. The Bertz CT molecular complexity index is 236. The van der Waals surface area contributed by atoms with E-state index in [-0.39, 0.29) is 6.04 Å². The van der Waals surface area contributed by atoms with E-state index in [1.54, 1.807) is 6.20 Å². The maximum absolute atomic E-state index is 5.69. The second-order valence-corrected chi connectivity index (χ2v) is 2.41. The fourth-order valence-corrected chi connectivity index (χ4v) is 0.893. The van der Waals surface area contributed by atoms with Crippen molar-refractivity contribution in [2.24, 2.45) is 11.5 Å². The minimum Gasteiger partial charge on any atom is -0.329 e. The van der Waals surface area contributed by atoms with Crippen molar-refractivity contribution in [2.45, 2.75) is 13.0 Å². The molecular weight excluding hydrogens is 140 g/mol. The molecule has 1 heterocycles. The predicted molar refractivity (Wildman–Crippen MR) is 42.8 cm³/mol. The quantitative estimate of drug-likeness (QED) is 0.612. The summed E-state index contributed by atoms with van der Waals surface area (Å²) < 4.78 is 0. The van der Waals surface area contributed by atoms with E-state index < -0.39 is 0 Å². The largest absolute Gasteiger partial charge is 0.329 e. The first-order valence-corrected chi connectivity index (χ1v) is 3.48. The fourth-order valence-electron chi connectivity index (χ4n) is 0.893. The summed E-state index contributed by atoms with van der Waals surface area (Å²) in [6.45, 7) is 2.32. The summed E-state index contributed by atoms with van der Waals surface area (Å²) >= 11 is 0. The van der Waals surface area contributed by atoms with Crippen LogP contribution in [0.2, 0.25) is 0 Å². The predicted octanol–water partition coefficient (Wildman–Crippen LogP) is -0.256. The summed E-state index contributed by atoms with van der Waals surface area (Å²) in [4.78, 5) is 7.87. The van der Waals surface area contributed by atoms with Gasteiger partial charge in [-0.25, -0.2) is 9.97 Å². The number of nitrogens with zero attached hydrogens (tertiary/aromatic N) is 2. The molecule has 0 spiro atoms. The van der Waals surface area contributed by atoms with Crippen LogP contribution in [0, 0.1) is 6.92 Å². The molecule has 0 aliphatic rings. The lowest BCUT2D eigenvalue weighted by atomic mass is 10.1. The summed E-state index contributed by atoms with van der Waals surface area (Å²) in [5.74, 6) is 0. The molecule has 11 heavy (non-hydrogen) atoms. The van der Waals surface area contributed by atoms with Gasteiger partial charge >= 0.3 is 0 Å². The van der Waals surface area contributed by atoms with E-state index in [1.807, 2.05) is 6.92 Å². The zero-order valence-electron chi connectivity index (χ0n) is 6.49. The smallest absolute Gasteiger partial charge is 0.115 e. The van der Waals surface area contributed by atoms with Gasteiger partial charge in [0.15, 0.2) is 0 Å². The monoisotopic (exact) mass is 152 g/mol. The number of aromatic nitrogens is 2. The van der Waals surface area contributed by atoms with Gasteiger partial charge in [0.25, 0.3) is 0 Å². The van der Waals surface area contributed by atoms with Gasteiger partial charge in [-0.1, -0.05) is 0 Å². The van der Waals surface area contributed by atoms with Gasteiger partial charge in [-0.15, -0.1) is 0 Å². The fraction of sp³-hybridized carbons (Fsp3) is 0.429. The van der Waals surface area contributed by atoms with Crippen LogP contribution in [0.15, 0.2) is 12.5 Å². The van der Waals surface area contributed by atoms with E-state index in [9.17, 15) is 0 Å². The molecule has 0 bridgehead atoms. The van der Waals surface area contributed by atoms with Gasteiger partial charge < -0.3 is 11.5 Å². The lowest BCUT2D eigenvalue weighted by molar-refractivity contribution is 0.719. The molecule has 0 saturated heterocycles. The highest BCUT2D eigenvalue weighted by Crippen LogP contribution is 2.09. The molecule has 1 aromatic rings. The van der Waals surface area contributed by atoms with Crippen LogP contribution in [0.3, 0.4) is 0 Å². The molecule has 1 unspecified atom stereocenters.